The van der Waals surface area contributed by atoms with E-state index in [4.69, 9.17) is 4.74 Å². The van der Waals surface area contributed by atoms with Crippen LogP contribution in [0, 0.1) is 0 Å². The van der Waals surface area contributed by atoms with Crippen molar-refractivity contribution in [2.45, 2.75) is 13.0 Å². The molecule has 1 unspecified atom stereocenters. The van der Waals surface area contributed by atoms with Gasteiger partial charge in [0.15, 0.2) is 0 Å². The Morgan fingerprint density at radius 3 is 2.86 bits per heavy atom. The predicted octanol–water partition coefficient (Wildman–Crippen LogP) is -1.96. The zero-order chi connectivity index (χ0) is 15.4. The summed E-state index contributed by atoms with van der Waals surface area (Å²) in [5.74, 6) is -1.15. The van der Waals surface area contributed by atoms with Gasteiger partial charge in [-0.05, 0) is 6.92 Å². The first-order chi connectivity index (χ1) is 10.0. The number of carbonyl (C=O) groups is 2. The first-order valence-corrected chi connectivity index (χ1v) is 6.55. The Bertz CT molecular complexity index is 650. The Morgan fingerprint density at radius 1 is 1.43 bits per heavy atom. The molecule has 9 nitrogen and oxygen atoms in total. The van der Waals surface area contributed by atoms with Crippen molar-refractivity contribution in [1.82, 2.24) is 20.2 Å². The molecule has 0 saturated carbocycles. The molecule has 2 rings (SSSR count). The van der Waals surface area contributed by atoms with Gasteiger partial charge in [0.05, 0.1) is 6.61 Å². The molecule has 1 aromatic rings. The Morgan fingerprint density at radius 2 is 2.19 bits per heavy atom. The first-order valence-electron chi connectivity index (χ1n) is 6.55. The number of carbonyl (C=O) groups excluding carboxylic acids is 2. The van der Waals surface area contributed by atoms with E-state index >= 15 is 0 Å². The molecular formula is C12H16N4O5. The van der Waals surface area contributed by atoms with Crippen LogP contribution in [-0.2, 0) is 9.53 Å². The third-order valence-electron chi connectivity index (χ3n) is 3.11. The maximum Gasteiger partial charge on any atom is 0.330 e. The molecule has 2 heterocycles. The smallest absolute Gasteiger partial charge is 0.330 e. The van der Waals surface area contributed by atoms with Crippen molar-refractivity contribution >= 4 is 11.9 Å². The van der Waals surface area contributed by atoms with Crippen molar-refractivity contribution in [3.05, 3.63) is 32.6 Å². The lowest BCUT2D eigenvalue weighted by atomic mass is 10.1. The topological polar surface area (TPSA) is 124 Å². The summed E-state index contributed by atoms with van der Waals surface area (Å²) in [6, 6.07) is -0.794. The van der Waals surface area contributed by atoms with Gasteiger partial charge in [0, 0.05) is 25.8 Å². The Kier molecular flexibility index (Phi) is 4.53. The highest BCUT2D eigenvalue weighted by molar-refractivity contribution is 5.96. The summed E-state index contributed by atoms with van der Waals surface area (Å²) in [6.45, 7) is 2.90. The van der Waals surface area contributed by atoms with Crippen molar-refractivity contribution in [1.29, 1.82) is 0 Å². The van der Waals surface area contributed by atoms with Crippen LogP contribution >= 0.6 is 0 Å². The van der Waals surface area contributed by atoms with Crippen LogP contribution in [0.4, 0.5) is 0 Å². The van der Waals surface area contributed by atoms with Crippen LogP contribution in [0.5, 0.6) is 0 Å². The average Bonchev–Trinajstić information content (AvgIpc) is 2.47. The summed E-state index contributed by atoms with van der Waals surface area (Å²) < 4.78 is 4.93. The van der Waals surface area contributed by atoms with Crippen LogP contribution in [0.3, 0.4) is 0 Å². The van der Waals surface area contributed by atoms with Gasteiger partial charge in [-0.25, -0.2) is 9.59 Å². The lowest BCUT2D eigenvalue weighted by Crippen LogP contribution is -2.58. The quantitative estimate of drug-likeness (QED) is 0.556. The van der Waals surface area contributed by atoms with Crippen molar-refractivity contribution < 1.29 is 14.3 Å². The number of esters is 1. The number of hydrogen-bond donors (Lipinski definition) is 3. The van der Waals surface area contributed by atoms with E-state index in [1.54, 1.807) is 6.92 Å². The van der Waals surface area contributed by atoms with Crippen molar-refractivity contribution in [3.63, 3.8) is 0 Å². The number of nitrogens with one attached hydrogen (secondary N) is 3. The predicted molar refractivity (Wildman–Crippen MR) is 72.0 cm³/mol. The van der Waals surface area contributed by atoms with Crippen LogP contribution in [0.15, 0.2) is 15.8 Å². The van der Waals surface area contributed by atoms with Crippen LogP contribution < -0.4 is 16.6 Å². The second kappa shape index (κ2) is 6.35. The van der Waals surface area contributed by atoms with Crippen molar-refractivity contribution in [2.24, 2.45) is 0 Å². The second-order valence-electron chi connectivity index (χ2n) is 4.46. The number of rotatable bonds is 3. The van der Waals surface area contributed by atoms with Gasteiger partial charge in [-0.2, -0.15) is 0 Å². The molecule has 1 saturated heterocycles. The lowest BCUT2D eigenvalue weighted by molar-refractivity contribution is -0.149. The fourth-order valence-corrected chi connectivity index (χ4v) is 2.12. The maximum absolute atomic E-state index is 12.4. The molecule has 21 heavy (non-hydrogen) atoms. The number of amides is 1. The molecule has 1 aromatic heterocycles. The molecule has 0 radical (unpaired) electrons. The number of hydrogen-bond acceptors (Lipinski definition) is 6. The molecule has 9 heteroatoms. The van der Waals surface area contributed by atoms with Gasteiger partial charge in [-0.3, -0.25) is 14.6 Å². The van der Waals surface area contributed by atoms with Gasteiger partial charge < -0.3 is 19.9 Å². The third-order valence-corrected chi connectivity index (χ3v) is 3.11. The molecule has 1 aliphatic heterocycles. The minimum absolute atomic E-state index is 0.205. The summed E-state index contributed by atoms with van der Waals surface area (Å²) in [5.41, 5.74) is -1.70. The van der Waals surface area contributed by atoms with Gasteiger partial charge in [0.25, 0.3) is 11.5 Å². The number of H-pyrrole nitrogens is 2. The van der Waals surface area contributed by atoms with E-state index in [0.717, 1.165) is 6.20 Å². The van der Waals surface area contributed by atoms with E-state index in [2.05, 4.69) is 10.3 Å². The second-order valence-corrected chi connectivity index (χ2v) is 4.46. The van der Waals surface area contributed by atoms with Gasteiger partial charge in [-0.1, -0.05) is 0 Å². The zero-order valence-corrected chi connectivity index (χ0v) is 11.5. The molecule has 1 amide bonds. The van der Waals surface area contributed by atoms with E-state index in [-0.39, 0.29) is 25.3 Å². The fourth-order valence-electron chi connectivity index (χ4n) is 2.12. The van der Waals surface area contributed by atoms with Crippen LogP contribution in [-0.4, -0.2) is 59.0 Å². The van der Waals surface area contributed by atoms with E-state index in [9.17, 15) is 19.2 Å². The van der Waals surface area contributed by atoms with E-state index in [0.29, 0.717) is 6.54 Å². The van der Waals surface area contributed by atoms with Gasteiger partial charge in [0.1, 0.15) is 11.6 Å². The minimum atomic E-state index is -0.794. The SMILES string of the molecule is CCOC(=O)C1CNCCN1C(=O)c1c[nH]c(=O)[nH]c1=O. The van der Waals surface area contributed by atoms with Crippen LogP contribution in [0.25, 0.3) is 0 Å². The van der Waals surface area contributed by atoms with Crippen LogP contribution in [0.1, 0.15) is 17.3 Å². The fraction of sp³-hybridized carbons (Fsp3) is 0.500. The van der Waals surface area contributed by atoms with Gasteiger partial charge in [-0.15, -0.1) is 0 Å². The molecule has 0 bridgehead atoms. The zero-order valence-electron chi connectivity index (χ0n) is 11.5. The molecule has 0 aliphatic carbocycles. The number of nitrogens with zero attached hydrogens (tertiary/aromatic N) is 1. The van der Waals surface area contributed by atoms with E-state index in [1.807, 2.05) is 4.98 Å². The standard InChI is InChI=1S/C12H16N4O5/c1-2-21-11(19)8-6-13-3-4-16(8)10(18)7-5-14-12(20)15-9(7)17/h5,8,13H,2-4,6H2,1H3,(H2,14,15,17,20). The normalized spacial score (nSPS) is 18.3. The van der Waals surface area contributed by atoms with Crippen molar-refractivity contribution in [3.8, 4) is 0 Å². The lowest BCUT2D eigenvalue weighted by Gasteiger charge is -2.34. The molecule has 114 valence electrons. The molecule has 0 aromatic carbocycles. The van der Waals surface area contributed by atoms with Crippen molar-refractivity contribution in [2.75, 3.05) is 26.2 Å². The minimum Gasteiger partial charge on any atom is -0.464 e. The molecule has 1 fully saturated rings. The Hall–Kier alpha value is -2.42. The molecular weight excluding hydrogens is 280 g/mol. The Labute approximate surface area is 119 Å². The number of aromatic nitrogens is 2. The molecule has 0 spiro atoms. The summed E-state index contributed by atoms with van der Waals surface area (Å²) in [6.07, 6.45) is 1.05. The number of piperazine rings is 1. The van der Waals surface area contributed by atoms with E-state index in [1.165, 1.54) is 4.90 Å². The maximum atomic E-state index is 12.4. The van der Waals surface area contributed by atoms with E-state index < -0.39 is 29.2 Å². The summed E-state index contributed by atoms with van der Waals surface area (Å²) in [4.78, 5) is 52.4. The Balaban J connectivity index is 2.28. The highest BCUT2D eigenvalue weighted by Gasteiger charge is 2.34. The van der Waals surface area contributed by atoms with Gasteiger partial charge in [0.2, 0.25) is 0 Å². The average molecular weight is 296 g/mol. The molecule has 1 atom stereocenters. The summed E-state index contributed by atoms with van der Waals surface area (Å²) in [5, 5.41) is 3.00. The van der Waals surface area contributed by atoms with Gasteiger partial charge >= 0.3 is 11.7 Å². The first kappa shape index (κ1) is 15.0. The number of aromatic amines is 2. The third kappa shape index (κ3) is 3.19. The number of ether oxygens (including phenoxy) is 1. The molecule has 3 N–H and O–H groups in total. The largest absolute Gasteiger partial charge is 0.464 e. The summed E-state index contributed by atoms with van der Waals surface area (Å²) >= 11 is 0. The molecule has 1 aliphatic rings. The highest BCUT2D eigenvalue weighted by atomic mass is 16.5. The highest BCUT2D eigenvalue weighted by Crippen LogP contribution is 2.09. The monoisotopic (exact) mass is 296 g/mol. The van der Waals surface area contributed by atoms with Crippen LogP contribution in [0.2, 0.25) is 0 Å². The summed E-state index contributed by atoms with van der Waals surface area (Å²) in [7, 11) is 0.